The molecule has 0 bridgehead atoms. The fourth-order valence-corrected chi connectivity index (χ4v) is 1.16. The minimum atomic E-state index is -0.0721. The minimum absolute atomic E-state index is 0.0721. The third kappa shape index (κ3) is 4.28. The van der Waals surface area contributed by atoms with Crippen molar-refractivity contribution in [1.29, 1.82) is 5.26 Å². The van der Waals surface area contributed by atoms with Crippen molar-refractivity contribution in [2.24, 2.45) is 0 Å². The summed E-state index contributed by atoms with van der Waals surface area (Å²) in [7, 11) is 0. The summed E-state index contributed by atoms with van der Waals surface area (Å²) in [5, 5.41) is 11.1. The second-order valence-corrected chi connectivity index (χ2v) is 3.42. The van der Waals surface area contributed by atoms with Gasteiger partial charge >= 0.3 is 0 Å². The van der Waals surface area contributed by atoms with Gasteiger partial charge in [0.1, 0.15) is 0 Å². The molecule has 1 aromatic carbocycles. The molecule has 1 rings (SSSR count). The predicted octanol–water partition coefficient (Wildman–Crippen LogP) is 1.92. The Labute approximate surface area is 89.7 Å². The van der Waals surface area contributed by atoms with Crippen molar-refractivity contribution in [2.45, 2.75) is 26.3 Å². The van der Waals surface area contributed by atoms with Crippen LogP contribution in [0.2, 0.25) is 0 Å². The van der Waals surface area contributed by atoms with Gasteiger partial charge < -0.3 is 5.32 Å². The molecular formula is C12H14N2O. The topological polar surface area (TPSA) is 52.9 Å². The molecule has 0 heterocycles. The maximum absolute atomic E-state index is 11.2. The number of aryl methyl sites for hydroxylation is 1. The van der Waals surface area contributed by atoms with E-state index in [1.807, 2.05) is 37.3 Å². The van der Waals surface area contributed by atoms with E-state index < -0.39 is 0 Å². The van der Waals surface area contributed by atoms with Gasteiger partial charge in [-0.3, -0.25) is 4.79 Å². The predicted molar refractivity (Wildman–Crippen MR) is 57.9 cm³/mol. The van der Waals surface area contributed by atoms with Crippen LogP contribution in [0, 0.1) is 18.3 Å². The van der Waals surface area contributed by atoms with E-state index in [0.717, 1.165) is 5.56 Å². The number of benzene rings is 1. The highest BCUT2D eigenvalue weighted by Crippen LogP contribution is 2.02. The maximum atomic E-state index is 11.2. The van der Waals surface area contributed by atoms with E-state index in [2.05, 4.69) is 5.32 Å². The van der Waals surface area contributed by atoms with Crippen molar-refractivity contribution in [3.63, 3.8) is 0 Å². The third-order valence-electron chi connectivity index (χ3n) is 2.07. The van der Waals surface area contributed by atoms with Crippen LogP contribution in [0.1, 0.15) is 24.0 Å². The molecule has 0 spiro atoms. The van der Waals surface area contributed by atoms with E-state index in [-0.39, 0.29) is 18.7 Å². The van der Waals surface area contributed by atoms with Crippen molar-refractivity contribution in [1.82, 2.24) is 5.32 Å². The van der Waals surface area contributed by atoms with Crippen LogP contribution in [0.4, 0.5) is 0 Å². The smallest absolute Gasteiger partial charge is 0.221 e. The van der Waals surface area contributed by atoms with E-state index in [1.54, 1.807) is 0 Å². The number of nitrogens with zero attached hydrogens (tertiary/aromatic N) is 1. The van der Waals surface area contributed by atoms with Crippen LogP contribution in [0.25, 0.3) is 0 Å². The van der Waals surface area contributed by atoms with Gasteiger partial charge in [-0.05, 0) is 12.5 Å². The van der Waals surface area contributed by atoms with Gasteiger partial charge in [0.15, 0.2) is 0 Å². The van der Waals surface area contributed by atoms with Gasteiger partial charge in [0.2, 0.25) is 5.91 Å². The monoisotopic (exact) mass is 202 g/mol. The molecule has 0 fully saturated rings. The lowest BCUT2D eigenvalue weighted by atomic mass is 10.1. The zero-order valence-electron chi connectivity index (χ0n) is 8.79. The second-order valence-electron chi connectivity index (χ2n) is 3.42. The van der Waals surface area contributed by atoms with E-state index in [0.29, 0.717) is 6.54 Å². The number of carbonyl (C=O) groups is 1. The molecule has 1 N–H and O–H groups in total. The van der Waals surface area contributed by atoms with Crippen LogP contribution >= 0.6 is 0 Å². The number of nitrogens with one attached hydrogen (secondary N) is 1. The standard InChI is InChI=1S/C12H14N2O/c1-10-4-6-11(7-5-10)9-14-12(15)3-2-8-13/h4-7H,2-3,9H2,1H3,(H,14,15). The van der Waals surface area contributed by atoms with Gasteiger partial charge in [-0.2, -0.15) is 5.26 Å². The summed E-state index contributed by atoms with van der Waals surface area (Å²) in [6.45, 7) is 2.56. The molecular weight excluding hydrogens is 188 g/mol. The third-order valence-corrected chi connectivity index (χ3v) is 2.07. The van der Waals surface area contributed by atoms with Gasteiger partial charge in [-0.1, -0.05) is 29.8 Å². The molecule has 0 aliphatic carbocycles. The zero-order valence-corrected chi connectivity index (χ0v) is 8.79. The first-order chi connectivity index (χ1) is 7.22. The quantitative estimate of drug-likeness (QED) is 0.810. The van der Waals surface area contributed by atoms with E-state index >= 15 is 0 Å². The average molecular weight is 202 g/mol. The summed E-state index contributed by atoms with van der Waals surface area (Å²) in [6, 6.07) is 9.94. The molecule has 15 heavy (non-hydrogen) atoms. The highest BCUT2D eigenvalue weighted by molar-refractivity contribution is 5.76. The Morgan fingerprint density at radius 3 is 2.67 bits per heavy atom. The minimum Gasteiger partial charge on any atom is -0.352 e. The number of carbonyl (C=O) groups excluding carboxylic acids is 1. The van der Waals surface area contributed by atoms with Crippen LogP contribution in [-0.4, -0.2) is 5.91 Å². The Morgan fingerprint density at radius 2 is 2.07 bits per heavy atom. The number of amides is 1. The van der Waals surface area contributed by atoms with Crippen LogP contribution in [0.5, 0.6) is 0 Å². The van der Waals surface area contributed by atoms with E-state index in [1.165, 1.54) is 5.56 Å². The Morgan fingerprint density at radius 1 is 1.40 bits per heavy atom. The summed E-state index contributed by atoms with van der Waals surface area (Å²) in [6.07, 6.45) is 0.558. The number of rotatable bonds is 4. The van der Waals surface area contributed by atoms with Crippen molar-refractivity contribution in [3.8, 4) is 6.07 Å². The van der Waals surface area contributed by atoms with Crippen LogP contribution < -0.4 is 5.32 Å². The van der Waals surface area contributed by atoms with E-state index in [9.17, 15) is 4.79 Å². The molecule has 0 saturated carbocycles. The molecule has 0 radical (unpaired) electrons. The molecule has 0 unspecified atom stereocenters. The highest BCUT2D eigenvalue weighted by atomic mass is 16.1. The maximum Gasteiger partial charge on any atom is 0.221 e. The van der Waals surface area contributed by atoms with Gasteiger partial charge in [0.05, 0.1) is 6.07 Å². The van der Waals surface area contributed by atoms with Crippen molar-refractivity contribution in [2.75, 3.05) is 0 Å². The Kier molecular flexibility index (Phi) is 4.36. The number of nitriles is 1. The molecule has 3 heteroatoms. The molecule has 1 amide bonds. The number of hydrogen-bond donors (Lipinski definition) is 1. The molecule has 78 valence electrons. The summed E-state index contributed by atoms with van der Waals surface area (Å²) in [4.78, 5) is 11.2. The first-order valence-corrected chi connectivity index (χ1v) is 4.91. The summed E-state index contributed by atoms with van der Waals surface area (Å²) in [5.74, 6) is -0.0721. The molecule has 1 aromatic rings. The Hall–Kier alpha value is -1.82. The van der Waals surface area contributed by atoms with Crippen LogP contribution in [0.3, 0.4) is 0 Å². The zero-order chi connectivity index (χ0) is 11.1. The number of hydrogen-bond acceptors (Lipinski definition) is 2. The van der Waals surface area contributed by atoms with Gasteiger partial charge in [-0.15, -0.1) is 0 Å². The average Bonchev–Trinajstić information content (AvgIpc) is 2.25. The molecule has 0 aliphatic rings. The van der Waals surface area contributed by atoms with Gasteiger partial charge in [0.25, 0.3) is 0 Å². The lowest BCUT2D eigenvalue weighted by molar-refractivity contribution is -0.121. The first-order valence-electron chi connectivity index (χ1n) is 4.91. The van der Waals surface area contributed by atoms with E-state index in [4.69, 9.17) is 5.26 Å². The summed E-state index contributed by atoms with van der Waals surface area (Å²) >= 11 is 0. The second kappa shape index (κ2) is 5.82. The van der Waals surface area contributed by atoms with Crippen molar-refractivity contribution in [3.05, 3.63) is 35.4 Å². The fourth-order valence-electron chi connectivity index (χ4n) is 1.16. The van der Waals surface area contributed by atoms with Crippen molar-refractivity contribution >= 4 is 5.91 Å². The van der Waals surface area contributed by atoms with Crippen molar-refractivity contribution < 1.29 is 4.79 Å². The van der Waals surface area contributed by atoms with Gasteiger partial charge in [-0.25, -0.2) is 0 Å². The molecule has 0 aromatic heterocycles. The Balaban J connectivity index is 2.34. The van der Waals surface area contributed by atoms with Crippen LogP contribution in [0.15, 0.2) is 24.3 Å². The first kappa shape index (κ1) is 11.3. The van der Waals surface area contributed by atoms with Gasteiger partial charge in [0, 0.05) is 19.4 Å². The summed E-state index contributed by atoms with van der Waals surface area (Å²) < 4.78 is 0. The normalized spacial score (nSPS) is 9.33. The SMILES string of the molecule is Cc1ccc(CNC(=O)CCC#N)cc1. The molecule has 0 aliphatic heterocycles. The molecule has 3 nitrogen and oxygen atoms in total. The largest absolute Gasteiger partial charge is 0.352 e. The lowest BCUT2D eigenvalue weighted by Crippen LogP contribution is -2.22. The summed E-state index contributed by atoms with van der Waals surface area (Å²) in [5.41, 5.74) is 2.28. The highest BCUT2D eigenvalue weighted by Gasteiger charge is 1.99. The van der Waals surface area contributed by atoms with Crippen LogP contribution in [-0.2, 0) is 11.3 Å². The Bertz CT molecular complexity index is 362. The fraction of sp³-hybridized carbons (Fsp3) is 0.333. The molecule has 0 atom stereocenters. The lowest BCUT2D eigenvalue weighted by Gasteiger charge is -2.04. The molecule has 0 saturated heterocycles.